The van der Waals surface area contributed by atoms with Crippen LogP contribution in [0.2, 0.25) is 5.02 Å². The first-order valence-corrected chi connectivity index (χ1v) is 7.37. The van der Waals surface area contributed by atoms with Crippen LogP contribution in [-0.2, 0) is 0 Å². The quantitative estimate of drug-likeness (QED) is 0.833. The highest BCUT2D eigenvalue weighted by Gasteiger charge is 2.32. The summed E-state index contributed by atoms with van der Waals surface area (Å²) in [4.78, 5) is 2.34. The van der Waals surface area contributed by atoms with E-state index >= 15 is 0 Å². The highest BCUT2D eigenvalue weighted by Crippen LogP contribution is 2.36. The fourth-order valence-electron chi connectivity index (χ4n) is 2.93. The summed E-state index contributed by atoms with van der Waals surface area (Å²) >= 11 is 5.91. The third-order valence-electron chi connectivity index (χ3n) is 3.89. The van der Waals surface area contributed by atoms with Gasteiger partial charge in [0.1, 0.15) is 5.82 Å². The second-order valence-electron chi connectivity index (χ2n) is 5.35. The fourth-order valence-corrected chi connectivity index (χ4v) is 3.12. The van der Waals surface area contributed by atoms with Crippen molar-refractivity contribution in [2.75, 3.05) is 26.7 Å². The molecule has 0 saturated carbocycles. The van der Waals surface area contributed by atoms with Crippen LogP contribution in [0.1, 0.15) is 31.4 Å². The van der Waals surface area contributed by atoms with E-state index < -0.39 is 0 Å². The number of likely N-dealkylation sites (tertiary alicyclic amines) is 1. The monoisotopic (exact) mass is 284 g/mol. The molecule has 0 amide bonds. The van der Waals surface area contributed by atoms with Gasteiger partial charge in [0.05, 0.1) is 5.02 Å². The van der Waals surface area contributed by atoms with Gasteiger partial charge < -0.3 is 5.32 Å². The largest absolute Gasteiger partial charge is 0.316 e. The van der Waals surface area contributed by atoms with Crippen molar-refractivity contribution >= 4 is 11.6 Å². The molecule has 1 saturated heterocycles. The Morgan fingerprint density at radius 3 is 2.95 bits per heavy atom. The lowest BCUT2D eigenvalue weighted by atomic mass is 9.93. The first-order valence-electron chi connectivity index (χ1n) is 6.99. The standard InChI is InChI=1S/C15H22ClFN2/c1-3-7-18-10-12-6-8-19(2)15(12)11-4-5-14(17)13(16)9-11/h4-5,9,12,15,18H,3,6-8,10H2,1-2H3. The van der Waals surface area contributed by atoms with E-state index in [0.29, 0.717) is 12.0 Å². The summed E-state index contributed by atoms with van der Waals surface area (Å²) in [5.74, 6) is 0.227. The summed E-state index contributed by atoms with van der Waals surface area (Å²) in [5, 5.41) is 3.71. The lowest BCUT2D eigenvalue weighted by Crippen LogP contribution is -2.29. The number of benzene rings is 1. The number of nitrogens with one attached hydrogen (secondary N) is 1. The van der Waals surface area contributed by atoms with Gasteiger partial charge >= 0.3 is 0 Å². The predicted molar refractivity (Wildman–Crippen MR) is 78.0 cm³/mol. The van der Waals surface area contributed by atoms with E-state index in [1.165, 1.54) is 12.5 Å². The van der Waals surface area contributed by atoms with Gasteiger partial charge in [-0.3, -0.25) is 4.90 Å². The Morgan fingerprint density at radius 2 is 2.26 bits per heavy atom. The average molecular weight is 285 g/mol. The Kier molecular flexibility index (Phi) is 5.20. The predicted octanol–water partition coefficient (Wildman–Crippen LogP) is 3.47. The Balaban J connectivity index is 2.11. The zero-order chi connectivity index (χ0) is 13.8. The van der Waals surface area contributed by atoms with E-state index in [1.54, 1.807) is 6.07 Å². The van der Waals surface area contributed by atoms with Crippen molar-refractivity contribution in [1.29, 1.82) is 0 Å². The second kappa shape index (κ2) is 6.69. The lowest BCUT2D eigenvalue weighted by molar-refractivity contribution is 0.272. The summed E-state index contributed by atoms with van der Waals surface area (Å²) < 4.78 is 13.3. The van der Waals surface area contributed by atoms with Crippen molar-refractivity contribution in [2.24, 2.45) is 5.92 Å². The number of rotatable bonds is 5. The molecule has 1 aromatic rings. The summed E-state index contributed by atoms with van der Waals surface area (Å²) in [5.41, 5.74) is 1.12. The maximum absolute atomic E-state index is 13.3. The molecule has 0 bridgehead atoms. The summed E-state index contributed by atoms with van der Waals surface area (Å²) in [7, 11) is 2.13. The Labute approximate surface area is 119 Å². The highest BCUT2D eigenvalue weighted by atomic mass is 35.5. The van der Waals surface area contributed by atoms with Crippen LogP contribution in [-0.4, -0.2) is 31.6 Å². The molecule has 2 nitrogen and oxygen atoms in total. The van der Waals surface area contributed by atoms with Gasteiger partial charge in [0.15, 0.2) is 0 Å². The van der Waals surface area contributed by atoms with E-state index in [0.717, 1.165) is 31.6 Å². The number of hydrogen-bond donors (Lipinski definition) is 1. The van der Waals surface area contributed by atoms with Gasteiger partial charge in [0.25, 0.3) is 0 Å². The molecule has 106 valence electrons. The lowest BCUT2D eigenvalue weighted by Gasteiger charge is -2.26. The summed E-state index contributed by atoms with van der Waals surface area (Å²) in [6.45, 7) is 5.32. The molecule has 1 aromatic carbocycles. The molecule has 0 aromatic heterocycles. The molecule has 4 heteroatoms. The fraction of sp³-hybridized carbons (Fsp3) is 0.600. The van der Waals surface area contributed by atoms with E-state index in [2.05, 4.69) is 24.2 Å². The molecule has 19 heavy (non-hydrogen) atoms. The maximum Gasteiger partial charge on any atom is 0.141 e. The van der Waals surface area contributed by atoms with Crippen molar-refractivity contribution < 1.29 is 4.39 Å². The Hall–Kier alpha value is -0.640. The molecule has 2 rings (SSSR count). The molecule has 1 fully saturated rings. The highest BCUT2D eigenvalue weighted by molar-refractivity contribution is 6.30. The SMILES string of the molecule is CCCNCC1CCN(C)C1c1ccc(F)c(Cl)c1. The van der Waals surface area contributed by atoms with Crippen LogP contribution in [0.4, 0.5) is 4.39 Å². The third-order valence-corrected chi connectivity index (χ3v) is 4.18. The van der Waals surface area contributed by atoms with Gasteiger partial charge in [-0.1, -0.05) is 24.6 Å². The van der Waals surface area contributed by atoms with Gasteiger partial charge in [-0.2, -0.15) is 0 Å². The van der Waals surface area contributed by atoms with Crippen molar-refractivity contribution in [2.45, 2.75) is 25.8 Å². The van der Waals surface area contributed by atoms with Gasteiger partial charge in [-0.25, -0.2) is 4.39 Å². The molecule has 0 radical (unpaired) electrons. The Bertz CT molecular complexity index is 425. The molecule has 1 aliphatic heterocycles. The molecule has 1 heterocycles. The first kappa shape index (κ1) is 14.8. The zero-order valence-corrected chi connectivity index (χ0v) is 12.4. The number of hydrogen-bond acceptors (Lipinski definition) is 2. The van der Waals surface area contributed by atoms with Crippen molar-refractivity contribution in [3.8, 4) is 0 Å². The van der Waals surface area contributed by atoms with Gasteiger partial charge in [-0.15, -0.1) is 0 Å². The zero-order valence-electron chi connectivity index (χ0n) is 11.6. The van der Waals surface area contributed by atoms with Crippen LogP contribution < -0.4 is 5.32 Å². The van der Waals surface area contributed by atoms with E-state index in [9.17, 15) is 4.39 Å². The van der Waals surface area contributed by atoms with Crippen LogP contribution in [0.15, 0.2) is 18.2 Å². The molecule has 0 aliphatic carbocycles. The number of halogens is 2. The van der Waals surface area contributed by atoms with Crippen LogP contribution in [0.5, 0.6) is 0 Å². The smallest absolute Gasteiger partial charge is 0.141 e. The topological polar surface area (TPSA) is 15.3 Å². The Morgan fingerprint density at radius 1 is 1.47 bits per heavy atom. The van der Waals surface area contributed by atoms with E-state index in [1.807, 2.05) is 6.07 Å². The van der Waals surface area contributed by atoms with Gasteiger partial charge in [0.2, 0.25) is 0 Å². The van der Waals surface area contributed by atoms with Crippen LogP contribution in [0.3, 0.4) is 0 Å². The van der Waals surface area contributed by atoms with Gasteiger partial charge in [0, 0.05) is 6.04 Å². The summed E-state index contributed by atoms with van der Waals surface area (Å²) in [6, 6.07) is 5.44. The van der Waals surface area contributed by atoms with E-state index in [-0.39, 0.29) is 10.8 Å². The molecule has 1 N–H and O–H groups in total. The van der Waals surface area contributed by atoms with E-state index in [4.69, 9.17) is 11.6 Å². The normalized spacial score (nSPS) is 24.0. The molecular formula is C15H22ClFN2. The molecular weight excluding hydrogens is 263 g/mol. The van der Waals surface area contributed by atoms with Crippen molar-refractivity contribution in [3.63, 3.8) is 0 Å². The number of nitrogens with zero attached hydrogens (tertiary/aromatic N) is 1. The first-order chi connectivity index (χ1) is 9.13. The second-order valence-corrected chi connectivity index (χ2v) is 5.76. The summed E-state index contributed by atoms with van der Waals surface area (Å²) in [6.07, 6.45) is 2.32. The minimum Gasteiger partial charge on any atom is -0.316 e. The molecule has 2 unspecified atom stereocenters. The third kappa shape index (κ3) is 3.47. The molecule has 1 aliphatic rings. The van der Waals surface area contributed by atoms with Crippen molar-refractivity contribution in [1.82, 2.24) is 10.2 Å². The van der Waals surface area contributed by atoms with Crippen molar-refractivity contribution in [3.05, 3.63) is 34.6 Å². The minimum absolute atomic E-state index is 0.220. The average Bonchev–Trinajstić information content (AvgIpc) is 2.75. The van der Waals surface area contributed by atoms with Crippen LogP contribution in [0, 0.1) is 11.7 Å². The molecule has 0 spiro atoms. The maximum atomic E-state index is 13.3. The van der Waals surface area contributed by atoms with Crippen LogP contribution in [0.25, 0.3) is 0 Å². The van der Waals surface area contributed by atoms with Gasteiger partial charge in [-0.05, 0) is 63.1 Å². The van der Waals surface area contributed by atoms with Crippen LogP contribution >= 0.6 is 11.6 Å². The minimum atomic E-state index is -0.341. The molecule has 2 atom stereocenters.